The van der Waals surface area contributed by atoms with Crippen molar-refractivity contribution < 1.29 is 22.3 Å². The van der Waals surface area contributed by atoms with E-state index in [4.69, 9.17) is 4.74 Å². The first-order valence-corrected chi connectivity index (χ1v) is 15.4. The van der Waals surface area contributed by atoms with Gasteiger partial charge in [0.15, 0.2) is 0 Å². The van der Waals surface area contributed by atoms with Crippen LogP contribution in [-0.2, 0) is 27.8 Å². The van der Waals surface area contributed by atoms with Crippen molar-refractivity contribution in [2.45, 2.75) is 24.9 Å². The maximum atomic E-state index is 14.8. The predicted molar refractivity (Wildman–Crippen MR) is 165 cm³/mol. The molecule has 0 aromatic heterocycles. The molecule has 0 bridgehead atoms. The second-order valence-electron chi connectivity index (χ2n) is 10.2. The van der Waals surface area contributed by atoms with Gasteiger partial charge in [0.2, 0.25) is 10.0 Å². The van der Waals surface area contributed by atoms with Crippen molar-refractivity contribution in [3.05, 3.63) is 131 Å². The monoisotopic (exact) mass is 600 g/mol. The molecular weight excluding hydrogens is 567 g/mol. The molecule has 0 unspecified atom stereocenters. The summed E-state index contributed by atoms with van der Waals surface area (Å²) in [5.41, 5.74) is 6.00. The van der Waals surface area contributed by atoms with E-state index >= 15 is 0 Å². The summed E-state index contributed by atoms with van der Waals surface area (Å²) >= 11 is 0. The van der Waals surface area contributed by atoms with Crippen molar-refractivity contribution in [3.63, 3.8) is 0 Å². The molecule has 1 fully saturated rings. The summed E-state index contributed by atoms with van der Waals surface area (Å²) in [4.78, 5) is 15.0. The highest BCUT2D eigenvalue weighted by Gasteiger charge is 2.25. The maximum Gasteiger partial charge on any atom is 0.271 e. The fraction of sp³-hybridized carbons (Fsp3) is 0.212. The van der Waals surface area contributed by atoms with E-state index in [9.17, 15) is 17.6 Å². The molecule has 1 heterocycles. The van der Waals surface area contributed by atoms with Gasteiger partial charge < -0.3 is 9.64 Å². The Bertz CT molecular complexity index is 1680. The first-order valence-electron chi connectivity index (χ1n) is 14.0. The van der Waals surface area contributed by atoms with Crippen LogP contribution in [0.2, 0.25) is 0 Å². The summed E-state index contributed by atoms with van der Waals surface area (Å²) in [7, 11) is -3.78. The highest BCUT2D eigenvalue weighted by atomic mass is 32.2. The Labute approximate surface area is 251 Å². The Morgan fingerprint density at radius 2 is 1.44 bits per heavy atom. The van der Waals surface area contributed by atoms with Crippen molar-refractivity contribution in [1.29, 1.82) is 0 Å². The number of halogens is 1. The van der Waals surface area contributed by atoms with Crippen LogP contribution in [-0.4, -0.2) is 50.6 Å². The Morgan fingerprint density at radius 3 is 2.07 bits per heavy atom. The largest absolute Gasteiger partial charge is 0.378 e. The SMILES string of the molecule is C/C(=N/NC(=O)c1ccc(CN(Cc2ccccc2)S(=O)(=O)c2ccccc2)cc1)c1ccc(N2CCOCC2)c(F)c1. The molecule has 1 aliphatic rings. The molecule has 10 heteroatoms. The molecule has 1 amide bonds. The van der Waals surface area contributed by atoms with Gasteiger partial charge in [-0.25, -0.2) is 18.2 Å². The zero-order valence-electron chi connectivity index (χ0n) is 23.8. The van der Waals surface area contributed by atoms with Gasteiger partial charge in [-0.3, -0.25) is 4.79 Å². The number of nitrogens with one attached hydrogen (secondary N) is 1. The van der Waals surface area contributed by atoms with Crippen molar-refractivity contribution in [2.75, 3.05) is 31.2 Å². The summed E-state index contributed by atoms with van der Waals surface area (Å²) in [5.74, 6) is -0.791. The molecule has 1 N–H and O–H groups in total. The summed E-state index contributed by atoms with van der Waals surface area (Å²) in [6, 6.07) is 29.3. The number of ether oxygens (including phenoxy) is 1. The van der Waals surface area contributed by atoms with Crippen LogP contribution in [0.4, 0.5) is 10.1 Å². The van der Waals surface area contributed by atoms with Crippen LogP contribution in [0.15, 0.2) is 113 Å². The van der Waals surface area contributed by atoms with Gasteiger partial charge in [-0.05, 0) is 54.4 Å². The molecule has 5 rings (SSSR count). The molecule has 0 saturated carbocycles. The van der Waals surface area contributed by atoms with Crippen LogP contribution < -0.4 is 10.3 Å². The molecule has 1 aliphatic heterocycles. The van der Waals surface area contributed by atoms with Crippen LogP contribution in [0, 0.1) is 5.82 Å². The highest BCUT2D eigenvalue weighted by molar-refractivity contribution is 7.89. The van der Waals surface area contributed by atoms with Crippen molar-refractivity contribution >= 4 is 27.3 Å². The number of anilines is 1. The zero-order chi connectivity index (χ0) is 30.2. The number of sulfonamides is 1. The summed E-state index contributed by atoms with van der Waals surface area (Å²) in [5, 5.41) is 4.17. The van der Waals surface area contributed by atoms with Gasteiger partial charge in [0.05, 0.1) is 29.5 Å². The number of hydrogen-bond acceptors (Lipinski definition) is 6. The van der Waals surface area contributed by atoms with E-state index < -0.39 is 15.9 Å². The standard InChI is InChI=1S/C33H33FN4O4S/c1-25(29-16-17-32(31(34)22-29)37-18-20-42-21-19-37)35-36-33(39)28-14-12-27(13-15-28)24-38(23-26-8-4-2-5-9-26)43(40,41)30-10-6-3-7-11-30/h2-17,22H,18-21,23-24H2,1H3,(H,36,39)/b35-25-. The Hall–Kier alpha value is -4.38. The van der Waals surface area contributed by atoms with Gasteiger partial charge >= 0.3 is 0 Å². The van der Waals surface area contributed by atoms with Gasteiger partial charge in [0.1, 0.15) is 5.82 Å². The zero-order valence-corrected chi connectivity index (χ0v) is 24.6. The first kappa shape index (κ1) is 30.1. The molecule has 4 aromatic carbocycles. The molecule has 0 radical (unpaired) electrons. The Balaban J connectivity index is 1.26. The molecule has 8 nitrogen and oxygen atoms in total. The molecule has 43 heavy (non-hydrogen) atoms. The van der Waals surface area contributed by atoms with Crippen molar-refractivity contribution in [3.8, 4) is 0 Å². The number of hydrazone groups is 1. The number of benzene rings is 4. The van der Waals surface area contributed by atoms with Gasteiger partial charge in [-0.1, -0.05) is 66.7 Å². The maximum absolute atomic E-state index is 14.8. The molecule has 0 atom stereocenters. The van der Waals surface area contributed by atoms with Gasteiger partial charge in [-0.2, -0.15) is 9.41 Å². The smallest absolute Gasteiger partial charge is 0.271 e. The fourth-order valence-corrected chi connectivity index (χ4v) is 6.21. The third-order valence-electron chi connectivity index (χ3n) is 7.20. The van der Waals surface area contributed by atoms with Gasteiger partial charge in [0.25, 0.3) is 5.91 Å². The van der Waals surface area contributed by atoms with Gasteiger partial charge in [-0.15, -0.1) is 0 Å². The Morgan fingerprint density at radius 1 is 0.860 bits per heavy atom. The van der Waals surface area contributed by atoms with Crippen LogP contribution in [0.25, 0.3) is 0 Å². The van der Waals surface area contributed by atoms with Crippen LogP contribution in [0.3, 0.4) is 0 Å². The van der Waals surface area contributed by atoms with E-state index in [-0.39, 0.29) is 23.8 Å². The van der Waals surface area contributed by atoms with E-state index in [1.54, 1.807) is 73.7 Å². The van der Waals surface area contributed by atoms with Crippen molar-refractivity contribution in [2.24, 2.45) is 5.10 Å². The number of morpholine rings is 1. The van der Waals surface area contributed by atoms with Crippen LogP contribution in [0.5, 0.6) is 0 Å². The molecule has 0 aliphatic carbocycles. The molecule has 0 spiro atoms. The number of nitrogens with zero attached hydrogens (tertiary/aromatic N) is 3. The summed E-state index contributed by atoms with van der Waals surface area (Å²) in [6.45, 7) is 4.40. The third kappa shape index (κ3) is 7.53. The molecule has 1 saturated heterocycles. The van der Waals surface area contributed by atoms with Crippen LogP contribution in [0.1, 0.15) is 34.0 Å². The van der Waals surface area contributed by atoms with E-state index in [2.05, 4.69) is 10.5 Å². The minimum Gasteiger partial charge on any atom is -0.378 e. The van der Waals surface area contributed by atoms with E-state index in [0.29, 0.717) is 48.8 Å². The van der Waals surface area contributed by atoms with Gasteiger partial charge in [0, 0.05) is 37.3 Å². The number of carbonyl (C=O) groups is 1. The van der Waals surface area contributed by atoms with Crippen LogP contribution >= 0.6 is 0 Å². The second-order valence-corrected chi connectivity index (χ2v) is 12.1. The van der Waals surface area contributed by atoms with E-state index in [0.717, 1.165) is 11.1 Å². The summed E-state index contributed by atoms with van der Waals surface area (Å²) < 4.78 is 48.6. The quantitative estimate of drug-likeness (QED) is 0.200. The van der Waals surface area contributed by atoms with E-state index in [1.807, 2.05) is 35.2 Å². The lowest BCUT2D eigenvalue weighted by atomic mass is 10.1. The lowest BCUT2D eigenvalue weighted by Crippen LogP contribution is -2.36. The molecular formula is C33H33FN4O4S. The number of carbonyl (C=O) groups excluding carboxylic acids is 1. The average molecular weight is 601 g/mol. The summed E-state index contributed by atoms with van der Waals surface area (Å²) in [6.07, 6.45) is 0. The number of hydrogen-bond donors (Lipinski definition) is 1. The third-order valence-corrected chi connectivity index (χ3v) is 9.01. The second kappa shape index (κ2) is 13.7. The molecule has 4 aromatic rings. The number of amides is 1. The minimum absolute atomic E-state index is 0.122. The topological polar surface area (TPSA) is 91.3 Å². The predicted octanol–water partition coefficient (Wildman–Crippen LogP) is 5.21. The lowest BCUT2D eigenvalue weighted by Gasteiger charge is -2.29. The van der Waals surface area contributed by atoms with E-state index in [1.165, 1.54) is 10.4 Å². The normalized spacial score (nSPS) is 14.1. The minimum atomic E-state index is -3.78. The van der Waals surface area contributed by atoms with Crippen molar-refractivity contribution in [1.82, 2.24) is 9.73 Å². The molecule has 222 valence electrons. The number of rotatable bonds is 10. The highest BCUT2D eigenvalue weighted by Crippen LogP contribution is 2.23. The first-order chi connectivity index (χ1) is 20.8. The average Bonchev–Trinajstić information content (AvgIpc) is 3.04. The Kier molecular flexibility index (Phi) is 9.61. The lowest BCUT2D eigenvalue weighted by molar-refractivity contribution is 0.0954. The fourth-order valence-electron chi connectivity index (χ4n) is 4.78.